The second kappa shape index (κ2) is 6.45. The van der Waals surface area contributed by atoms with Crippen LogP contribution in [0.4, 0.5) is 0 Å². The molecule has 1 saturated heterocycles. The smallest absolute Gasteiger partial charge is 0.0570 e. The average Bonchev–Trinajstić information content (AvgIpc) is 2.47. The summed E-state index contributed by atoms with van der Waals surface area (Å²) >= 11 is 0. The fraction of sp³-hybridized carbons (Fsp3) is 0.722. The topological polar surface area (TPSA) is 28.2 Å². The van der Waals surface area contributed by atoms with Crippen molar-refractivity contribution in [2.45, 2.75) is 58.2 Å². The third-order valence-electron chi connectivity index (χ3n) is 5.41. The van der Waals surface area contributed by atoms with Crippen molar-refractivity contribution in [3.05, 3.63) is 30.1 Å². The first-order chi connectivity index (χ1) is 10.1. The molecule has 0 aromatic carbocycles. The Labute approximate surface area is 129 Å². The van der Waals surface area contributed by atoms with Gasteiger partial charge in [0.15, 0.2) is 0 Å². The van der Waals surface area contributed by atoms with Gasteiger partial charge in [-0.25, -0.2) is 0 Å². The molecule has 2 heterocycles. The number of likely N-dealkylation sites (tertiary alicyclic amines) is 1. The highest BCUT2D eigenvalue weighted by molar-refractivity contribution is 5.09. The molecule has 3 nitrogen and oxygen atoms in total. The van der Waals surface area contributed by atoms with E-state index in [4.69, 9.17) is 0 Å². The van der Waals surface area contributed by atoms with Crippen molar-refractivity contribution in [3.8, 4) is 0 Å². The fourth-order valence-corrected chi connectivity index (χ4v) is 4.17. The van der Waals surface area contributed by atoms with Crippen molar-refractivity contribution in [2.24, 2.45) is 11.8 Å². The van der Waals surface area contributed by atoms with Crippen LogP contribution >= 0.6 is 0 Å². The molecule has 116 valence electrons. The van der Waals surface area contributed by atoms with Gasteiger partial charge in [-0.15, -0.1) is 0 Å². The highest BCUT2D eigenvalue weighted by Crippen LogP contribution is 2.36. The van der Waals surface area contributed by atoms with E-state index in [-0.39, 0.29) is 0 Å². The highest BCUT2D eigenvalue weighted by atomic mass is 15.2. The van der Waals surface area contributed by atoms with Crippen LogP contribution in [0.2, 0.25) is 0 Å². The molecule has 3 rings (SSSR count). The number of nitrogens with zero attached hydrogens (tertiary/aromatic N) is 2. The first kappa shape index (κ1) is 15.0. The molecule has 2 unspecified atom stereocenters. The molecule has 0 radical (unpaired) electrons. The van der Waals surface area contributed by atoms with Crippen LogP contribution in [0.1, 0.15) is 51.8 Å². The van der Waals surface area contributed by atoms with Gasteiger partial charge in [-0.3, -0.25) is 4.98 Å². The molecule has 0 amide bonds. The molecule has 1 aromatic rings. The number of hydrogen-bond donors (Lipinski definition) is 1. The number of hydrogen-bond acceptors (Lipinski definition) is 3. The monoisotopic (exact) mass is 287 g/mol. The van der Waals surface area contributed by atoms with E-state index in [0.29, 0.717) is 18.1 Å². The molecule has 0 spiro atoms. The van der Waals surface area contributed by atoms with Crippen LogP contribution in [0.3, 0.4) is 0 Å². The van der Waals surface area contributed by atoms with E-state index < -0.39 is 0 Å². The van der Waals surface area contributed by atoms with Gasteiger partial charge < -0.3 is 10.2 Å². The van der Waals surface area contributed by atoms with Crippen LogP contribution in [0, 0.1) is 11.8 Å². The zero-order valence-electron chi connectivity index (χ0n) is 13.6. The van der Waals surface area contributed by atoms with Crippen molar-refractivity contribution in [2.75, 3.05) is 13.1 Å². The summed E-state index contributed by atoms with van der Waals surface area (Å²) in [5.74, 6) is 1.62. The minimum atomic E-state index is 0.352. The lowest BCUT2D eigenvalue weighted by atomic mass is 9.73. The maximum Gasteiger partial charge on any atom is 0.0570 e. The number of fused-ring (bicyclic) bond motifs is 2. The Bertz CT molecular complexity index is 431. The maximum absolute atomic E-state index is 4.51. The van der Waals surface area contributed by atoms with Gasteiger partial charge in [0.05, 0.1) is 5.69 Å². The minimum Gasteiger partial charge on any atom is -0.305 e. The first-order valence-electron chi connectivity index (χ1n) is 8.56. The van der Waals surface area contributed by atoms with Gasteiger partial charge in [-0.2, -0.15) is 0 Å². The second-order valence-electron chi connectivity index (χ2n) is 7.17. The normalized spacial score (nSPS) is 31.3. The van der Waals surface area contributed by atoms with Crippen LogP contribution in [-0.2, 0) is 0 Å². The van der Waals surface area contributed by atoms with Crippen molar-refractivity contribution in [1.82, 2.24) is 15.2 Å². The average molecular weight is 287 g/mol. The molecule has 1 aromatic heterocycles. The molecule has 21 heavy (non-hydrogen) atoms. The van der Waals surface area contributed by atoms with E-state index in [1.54, 1.807) is 0 Å². The number of nitrogens with one attached hydrogen (secondary N) is 1. The Morgan fingerprint density at radius 2 is 1.86 bits per heavy atom. The van der Waals surface area contributed by atoms with Crippen molar-refractivity contribution in [3.63, 3.8) is 0 Å². The minimum absolute atomic E-state index is 0.352. The summed E-state index contributed by atoms with van der Waals surface area (Å²) in [6.45, 7) is 9.45. The third kappa shape index (κ3) is 3.29. The van der Waals surface area contributed by atoms with E-state index in [9.17, 15) is 0 Å². The molecular weight excluding hydrogens is 258 g/mol. The highest BCUT2D eigenvalue weighted by Gasteiger charge is 2.40. The van der Waals surface area contributed by atoms with Crippen LogP contribution < -0.4 is 5.32 Å². The summed E-state index contributed by atoms with van der Waals surface area (Å²) in [6.07, 6.45) is 6.08. The quantitative estimate of drug-likeness (QED) is 0.921. The molecule has 1 aliphatic carbocycles. The predicted molar refractivity (Wildman–Crippen MR) is 87.1 cm³/mol. The zero-order valence-corrected chi connectivity index (χ0v) is 13.6. The first-order valence-corrected chi connectivity index (χ1v) is 8.56. The number of rotatable bonds is 4. The number of piperidine rings is 1. The molecule has 2 fully saturated rings. The van der Waals surface area contributed by atoms with Crippen LogP contribution in [0.15, 0.2) is 24.4 Å². The molecular formula is C18H29N3. The molecule has 3 heteroatoms. The zero-order chi connectivity index (χ0) is 14.8. The summed E-state index contributed by atoms with van der Waals surface area (Å²) in [5, 5.41) is 3.91. The summed E-state index contributed by atoms with van der Waals surface area (Å²) in [4.78, 5) is 7.19. The Morgan fingerprint density at radius 3 is 2.43 bits per heavy atom. The third-order valence-corrected chi connectivity index (χ3v) is 5.41. The molecule has 2 aliphatic rings. The lowest BCUT2D eigenvalue weighted by molar-refractivity contribution is 0.0255. The lowest BCUT2D eigenvalue weighted by Crippen LogP contribution is -2.58. The fourth-order valence-electron chi connectivity index (χ4n) is 4.17. The molecule has 1 saturated carbocycles. The van der Waals surface area contributed by atoms with E-state index in [1.165, 1.54) is 38.0 Å². The van der Waals surface area contributed by atoms with Crippen LogP contribution in [0.25, 0.3) is 0 Å². The Kier molecular flexibility index (Phi) is 4.60. The van der Waals surface area contributed by atoms with Gasteiger partial charge in [0.1, 0.15) is 0 Å². The summed E-state index contributed by atoms with van der Waals surface area (Å²) in [6, 6.07) is 7.92. The number of aromatic nitrogens is 1. The van der Waals surface area contributed by atoms with Gasteiger partial charge in [-0.05, 0) is 57.6 Å². The van der Waals surface area contributed by atoms with Crippen molar-refractivity contribution in [1.29, 1.82) is 0 Å². The summed E-state index contributed by atoms with van der Waals surface area (Å²) in [5.41, 5.74) is 1.17. The van der Waals surface area contributed by atoms with Gasteiger partial charge >= 0.3 is 0 Å². The Balaban J connectivity index is 1.68. The van der Waals surface area contributed by atoms with Crippen LogP contribution in [-0.4, -0.2) is 35.1 Å². The standard InChI is InChI=1S/C18H29N3/c1-13(2)21-11-15-7-6-8-16(12-21)18(15)20-14(3)17-9-4-5-10-19-17/h4-5,9-10,13-16,18,20H,6-8,11-12H2,1-3H3/t14-,15?,16?,18?/m1/s1. The van der Waals surface area contributed by atoms with Gasteiger partial charge in [0.2, 0.25) is 0 Å². The molecule has 1 aliphatic heterocycles. The molecule has 1 N–H and O–H groups in total. The van der Waals surface area contributed by atoms with Gasteiger partial charge in [0.25, 0.3) is 0 Å². The summed E-state index contributed by atoms with van der Waals surface area (Å²) < 4.78 is 0. The number of pyridine rings is 1. The second-order valence-corrected chi connectivity index (χ2v) is 7.17. The van der Waals surface area contributed by atoms with Gasteiger partial charge in [-0.1, -0.05) is 12.5 Å². The predicted octanol–water partition coefficient (Wildman–Crippen LogP) is 3.24. The van der Waals surface area contributed by atoms with Gasteiger partial charge in [0, 0.05) is 37.4 Å². The Hall–Kier alpha value is -0.930. The molecule has 3 atom stereocenters. The van der Waals surface area contributed by atoms with E-state index in [2.05, 4.69) is 48.1 Å². The molecule has 2 bridgehead atoms. The van der Waals surface area contributed by atoms with Crippen LogP contribution in [0.5, 0.6) is 0 Å². The SMILES string of the molecule is CC(C)N1CC2CCCC(C1)C2N[C@H](C)c1ccccn1. The van der Waals surface area contributed by atoms with E-state index in [0.717, 1.165) is 11.8 Å². The Morgan fingerprint density at radius 1 is 1.14 bits per heavy atom. The van der Waals surface area contributed by atoms with E-state index >= 15 is 0 Å². The lowest BCUT2D eigenvalue weighted by Gasteiger charge is -2.49. The van der Waals surface area contributed by atoms with E-state index in [1.807, 2.05) is 12.3 Å². The summed E-state index contributed by atoms with van der Waals surface area (Å²) in [7, 11) is 0. The van der Waals surface area contributed by atoms with Crippen molar-refractivity contribution < 1.29 is 0 Å². The maximum atomic E-state index is 4.51. The largest absolute Gasteiger partial charge is 0.305 e. The van der Waals surface area contributed by atoms with Crippen molar-refractivity contribution >= 4 is 0 Å².